The van der Waals surface area contributed by atoms with E-state index in [0.29, 0.717) is 11.3 Å². The summed E-state index contributed by atoms with van der Waals surface area (Å²) in [5.74, 6) is 0.623. The zero-order valence-electron chi connectivity index (χ0n) is 6.07. The maximum absolute atomic E-state index is 10.3. The lowest BCUT2D eigenvalue weighted by molar-refractivity contribution is 0.112. The van der Waals surface area contributed by atoms with Gasteiger partial charge in [0, 0.05) is 10.5 Å². The molecule has 0 fully saturated rings. The van der Waals surface area contributed by atoms with Crippen molar-refractivity contribution in [3.05, 3.63) is 23.8 Å². The predicted octanol–water partition coefficient (Wildman–Crippen LogP) is 1.80. The van der Waals surface area contributed by atoms with E-state index in [1.165, 1.54) is 0 Å². The van der Waals surface area contributed by atoms with Gasteiger partial charge in [0.05, 0.1) is 7.11 Å². The quantitative estimate of drug-likeness (QED) is 0.538. The highest BCUT2D eigenvalue weighted by molar-refractivity contribution is 7.80. The first-order valence-electron chi connectivity index (χ1n) is 3.10. The molecule has 1 rings (SSSR count). The van der Waals surface area contributed by atoms with Crippen LogP contribution in [0.3, 0.4) is 0 Å². The number of rotatable bonds is 2. The van der Waals surface area contributed by atoms with E-state index in [4.69, 9.17) is 4.74 Å². The van der Waals surface area contributed by atoms with E-state index in [0.717, 1.165) is 11.2 Å². The minimum Gasteiger partial charge on any atom is -0.496 e. The SMILES string of the molecule is COc1cc(C=O)ccc1S. The van der Waals surface area contributed by atoms with E-state index in [1.807, 2.05) is 0 Å². The molecule has 0 atom stereocenters. The number of methoxy groups -OCH3 is 1. The molecule has 58 valence electrons. The molecule has 0 heterocycles. The number of thiol groups is 1. The van der Waals surface area contributed by atoms with Crippen molar-refractivity contribution < 1.29 is 9.53 Å². The Morgan fingerprint density at radius 2 is 2.27 bits per heavy atom. The lowest BCUT2D eigenvalue weighted by Gasteiger charge is -2.02. The molecule has 0 unspecified atom stereocenters. The fourth-order valence-corrected chi connectivity index (χ4v) is 0.998. The highest BCUT2D eigenvalue weighted by Crippen LogP contribution is 2.22. The highest BCUT2D eigenvalue weighted by atomic mass is 32.1. The van der Waals surface area contributed by atoms with Crippen molar-refractivity contribution in [3.63, 3.8) is 0 Å². The van der Waals surface area contributed by atoms with Gasteiger partial charge in [0.1, 0.15) is 12.0 Å². The van der Waals surface area contributed by atoms with Gasteiger partial charge in [-0.25, -0.2) is 0 Å². The molecular weight excluding hydrogens is 160 g/mol. The molecule has 0 aromatic heterocycles. The molecule has 1 aromatic rings. The second-order valence-corrected chi connectivity index (χ2v) is 2.53. The summed E-state index contributed by atoms with van der Waals surface area (Å²) in [7, 11) is 1.55. The van der Waals surface area contributed by atoms with Crippen LogP contribution in [0.1, 0.15) is 10.4 Å². The Morgan fingerprint density at radius 3 is 2.82 bits per heavy atom. The Bertz CT molecular complexity index is 271. The van der Waals surface area contributed by atoms with Crippen molar-refractivity contribution >= 4 is 18.9 Å². The Balaban J connectivity index is 3.12. The lowest BCUT2D eigenvalue weighted by atomic mass is 10.2. The van der Waals surface area contributed by atoms with Crippen LogP contribution in [0.5, 0.6) is 5.75 Å². The summed E-state index contributed by atoms with van der Waals surface area (Å²) in [6.07, 6.45) is 0.774. The first-order valence-corrected chi connectivity index (χ1v) is 3.55. The monoisotopic (exact) mass is 168 g/mol. The largest absolute Gasteiger partial charge is 0.496 e. The third-order valence-electron chi connectivity index (χ3n) is 1.34. The van der Waals surface area contributed by atoms with Crippen LogP contribution in [0.4, 0.5) is 0 Å². The van der Waals surface area contributed by atoms with Crippen LogP contribution in [-0.2, 0) is 0 Å². The van der Waals surface area contributed by atoms with Gasteiger partial charge in [-0.15, -0.1) is 12.6 Å². The van der Waals surface area contributed by atoms with Gasteiger partial charge in [-0.1, -0.05) is 6.07 Å². The van der Waals surface area contributed by atoms with Gasteiger partial charge in [-0.05, 0) is 12.1 Å². The number of benzene rings is 1. The first-order chi connectivity index (χ1) is 5.27. The van der Waals surface area contributed by atoms with Crippen LogP contribution >= 0.6 is 12.6 Å². The van der Waals surface area contributed by atoms with Crippen LogP contribution in [0.25, 0.3) is 0 Å². The summed E-state index contributed by atoms with van der Waals surface area (Å²) in [6, 6.07) is 5.07. The van der Waals surface area contributed by atoms with Crippen molar-refractivity contribution in [1.29, 1.82) is 0 Å². The number of hydrogen-bond acceptors (Lipinski definition) is 3. The molecule has 0 bridgehead atoms. The van der Waals surface area contributed by atoms with Gasteiger partial charge < -0.3 is 4.74 Å². The van der Waals surface area contributed by atoms with Crippen molar-refractivity contribution in [2.24, 2.45) is 0 Å². The minimum absolute atomic E-state index is 0.597. The summed E-state index contributed by atoms with van der Waals surface area (Å²) in [6.45, 7) is 0. The van der Waals surface area contributed by atoms with E-state index in [2.05, 4.69) is 12.6 Å². The average Bonchev–Trinajstić information content (AvgIpc) is 2.05. The molecule has 0 amide bonds. The molecular formula is C8H8O2S. The first kappa shape index (κ1) is 8.14. The summed E-state index contributed by atoms with van der Waals surface area (Å²) < 4.78 is 4.95. The Labute approximate surface area is 70.6 Å². The smallest absolute Gasteiger partial charge is 0.150 e. The highest BCUT2D eigenvalue weighted by Gasteiger charge is 1.98. The van der Waals surface area contributed by atoms with Crippen molar-refractivity contribution in [2.75, 3.05) is 7.11 Å². The van der Waals surface area contributed by atoms with Gasteiger partial charge >= 0.3 is 0 Å². The third kappa shape index (κ3) is 1.74. The molecule has 0 radical (unpaired) electrons. The van der Waals surface area contributed by atoms with E-state index < -0.39 is 0 Å². The van der Waals surface area contributed by atoms with E-state index in [-0.39, 0.29) is 0 Å². The minimum atomic E-state index is 0.597. The average molecular weight is 168 g/mol. The maximum atomic E-state index is 10.3. The van der Waals surface area contributed by atoms with Crippen LogP contribution in [0.15, 0.2) is 23.1 Å². The summed E-state index contributed by atoms with van der Waals surface area (Å²) in [5, 5.41) is 0. The van der Waals surface area contributed by atoms with Crippen molar-refractivity contribution in [3.8, 4) is 5.75 Å². The van der Waals surface area contributed by atoms with Gasteiger partial charge in [0.25, 0.3) is 0 Å². The van der Waals surface area contributed by atoms with E-state index >= 15 is 0 Å². The normalized spacial score (nSPS) is 9.27. The standard InChI is InChI=1S/C8H8O2S/c1-10-7-4-6(5-9)2-3-8(7)11/h2-5,11H,1H3. The number of aldehydes is 1. The topological polar surface area (TPSA) is 26.3 Å². The summed E-state index contributed by atoms with van der Waals surface area (Å²) >= 11 is 4.12. The van der Waals surface area contributed by atoms with Crippen LogP contribution in [0.2, 0.25) is 0 Å². The third-order valence-corrected chi connectivity index (χ3v) is 1.71. The van der Waals surface area contributed by atoms with Gasteiger partial charge in [0.2, 0.25) is 0 Å². The number of ether oxygens (including phenoxy) is 1. The second kappa shape index (κ2) is 3.44. The summed E-state index contributed by atoms with van der Waals surface area (Å²) in [4.78, 5) is 11.0. The van der Waals surface area contributed by atoms with Gasteiger partial charge in [-0.3, -0.25) is 4.79 Å². The zero-order valence-corrected chi connectivity index (χ0v) is 6.97. The van der Waals surface area contributed by atoms with Crippen LogP contribution in [0, 0.1) is 0 Å². The Kier molecular flexibility index (Phi) is 2.54. The molecule has 3 heteroatoms. The van der Waals surface area contributed by atoms with E-state index in [1.54, 1.807) is 25.3 Å². The number of carbonyl (C=O) groups excluding carboxylic acids is 1. The molecule has 0 saturated heterocycles. The molecule has 0 aliphatic rings. The number of hydrogen-bond donors (Lipinski definition) is 1. The molecule has 0 spiro atoms. The second-order valence-electron chi connectivity index (χ2n) is 2.05. The van der Waals surface area contributed by atoms with E-state index in [9.17, 15) is 4.79 Å². The fourth-order valence-electron chi connectivity index (χ4n) is 0.768. The molecule has 11 heavy (non-hydrogen) atoms. The molecule has 0 saturated carbocycles. The maximum Gasteiger partial charge on any atom is 0.150 e. The van der Waals surface area contributed by atoms with Crippen molar-refractivity contribution in [2.45, 2.75) is 4.90 Å². The van der Waals surface area contributed by atoms with Crippen LogP contribution in [-0.4, -0.2) is 13.4 Å². The van der Waals surface area contributed by atoms with Gasteiger partial charge in [0.15, 0.2) is 0 Å². The molecule has 1 aromatic carbocycles. The molecule has 0 N–H and O–H groups in total. The molecule has 2 nitrogen and oxygen atoms in total. The zero-order chi connectivity index (χ0) is 8.27. The van der Waals surface area contributed by atoms with Gasteiger partial charge in [-0.2, -0.15) is 0 Å². The molecule has 0 aliphatic carbocycles. The predicted molar refractivity (Wildman–Crippen MR) is 45.6 cm³/mol. The fraction of sp³-hybridized carbons (Fsp3) is 0.125. The van der Waals surface area contributed by atoms with Crippen molar-refractivity contribution in [1.82, 2.24) is 0 Å². The molecule has 0 aliphatic heterocycles. The Hall–Kier alpha value is -0.960. The summed E-state index contributed by atoms with van der Waals surface area (Å²) in [5.41, 5.74) is 0.597. The Morgan fingerprint density at radius 1 is 1.55 bits per heavy atom. The lowest BCUT2D eigenvalue weighted by Crippen LogP contribution is -1.86. The van der Waals surface area contributed by atoms with Crippen LogP contribution < -0.4 is 4.74 Å². The number of carbonyl (C=O) groups is 1.